The number of aliphatic hydroxyl groups is 1. The van der Waals surface area contributed by atoms with E-state index in [-0.39, 0.29) is 31.5 Å². The third kappa shape index (κ3) is 8.02. The largest absolute Gasteiger partial charge is 0.445 e. The first-order valence-corrected chi connectivity index (χ1v) is 10.3. The molecule has 0 heterocycles. The molecule has 0 spiro atoms. The fraction of sp³-hybridized carbons (Fsp3) is 0.591. The van der Waals surface area contributed by atoms with Gasteiger partial charge < -0.3 is 19.9 Å². The molecule has 1 aliphatic carbocycles. The number of aliphatic hydroxyl groups excluding tert-OH is 1. The van der Waals surface area contributed by atoms with Gasteiger partial charge in [-0.1, -0.05) is 30.3 Å². The lowest BCUT2D eigenvalue weighted by Gasteiger charge is -2.31. The quantitative estimate of drug-likeness (QED) is 0.732. The first-order chi connectivity index (χ1) is 14.2. The Morgan fingerprint density at radius 1 is 1.10 bits per heavy atom. The SMILES string of the molecule is CC(C)(C)OC(=O)N(CCNC(=O)OCc1ccccc1)C(=O)C1CCC(O)CC1. The summed E-state index contributed by atoms with van der Waals surface area (Å²) in [6.07, 6.45) is 0.336. The van der Waals surface area contributed by atoms with Gasteiger partial charge in [-0.2, -0.15) is 0 Å². The zero-order valence-corrected chi connectivity index (χ0v) is 17.9. The van der Waals surface area contributed by atoms with E-state index in [1.54, 1.807) is 20.8 Å². The van der Waals surface area contributed by atoms with Crippen LogP contribution in [-0.2, 0) is 20.9 Å². The highest BCUT2D eigenvalue weighted by Crippen LogP contribution is 2.26. The molecule has 8 nitrogen and oxygen atoms in total. The average molecular weight is 421 g/mol. The number of ether oxygens (including phenoxy) is 2. The number of amides is 3. The molecule has 0 aliphatic heterocycles. The first kappa shape index (κ1) is 23.7. The third-order valence-electron chi connectivity index (χ3n) is 4.74. The maximum Gasteiger partial charge on any atom is 0.417 e. The molecule has 1 saturated carbocycles. The van der Waals surface area contributed by atoms with Gasteiger partial charge in [0.05, 0.1) is 6.10 Å². The lowest BCUT2D eigenvalue weighted by atomic mass is 9.86. The van der Waals surface area contributed by atoms with Gasteiger partial charge in [0.2, 0.25) is 5.91 Å². The van der Waals surface area contributed by atoms with Gasteiger partial charge in [-0.05, 0) is 52.0 Å². The second-order valence-electron chi connectivity index (χ2n) is 8.46. The number of carbonyl (C=O) groups excluding carboxylic acids is 3. The molecule has 0 aromatic heterocycles. The molecule has 1 aliphatic rings. The molecular weight excluding hydrogens is 388 g/mol. The minimum atomic E-state index is -0.750. The molecule has 1 aromatic carbocycles. The average Bonchev–Trinajstić information content (AvgIpc) is 2.69. The van der Waals surface area contributed by atoms with E-state index < -0.39 is 23.9 Å². The number of alkyl carbamates (subject to hydrolysis) is 1. The van der Waals surface area contributed by atoms with Crippen molar-refractivity contribution in [3.05, 3.63) is 35.9 Å². The number of nitrogens with one attached hydrogen (secondary N) is 1. The molecule has 30 heavy (non-hydrogen) atoms. The fourth-order valence-electron chi connectivity index (χ4n) is 3.20. The summed E-state index contributed by atoms with van der Waals surface area (Å²) in [6, 6.07) is 9.27. The Hall–Kier alpha value is -2.61. The number of hydrogen-bond donors (Lipinski definition) is 2. The Balaban J connectivity index is 1.89. The lowest BCUT2D eigenvalue weighted by molar-refractivity contribution is -0.136. The summed E-state index contributed by atoms with van der Waals surface area (Å²) in [6.45, 7) is 5.34. The van der Waals surface area contributed by atoms with E-state index in [4.69, 9.17) is 9.47 Å². The summed E-state index contributed by atoms with van der Waals surface area (Å²) >= 11 is 0. The van der Waals surface area contributed by atoms with Crippen molar-refractivity contribution in [3.8, 4) is 0 Å². The van der Waals surface area contributed by atoms with Crippen LogP contribution in [0.2, 0.25) is 0 Å². The van der Waals surface area contributed by atoms with Crippen molar-refractivity contribution in [1.82, 2.24) is 10.2 Å². The van der Waals surface area contributed by atoms with E-state index in [9.17, 15) is 19.5 Å². The van der Waals surface area contributed by atoms with Crippen LogP contribution in [0.3, 0.4) is 0 Å². The normalized spacial score (nSPS) is 18.9. The summed E-state index contributed by atoms with van der Waals surface area (Å²) in [5.41, 5.74) is 0.109. The van der Waals surface area contributed by atoms with Crippen molar-refractivity contribution in [2.24, 2.45) is 5.92 Å². The predicted octanol–water partition coefficient (Wildman–Crippen LogP) is 3.23. The zero-order valence-electron chi connectivity index (χ0n) is 17.9. The molecule has 8 heteroatoms. The molecule has 3 amide bonds. The molecule has 166 valence electrons. The highest BCUT2D eigenvalue weighted by molar-refractivity contribution is 5.93. The summed E-state index contributed by atoms with van der Waals surface area (Å²) in [7, 11) is 0. The summed E-state index contributed by atoms with van der Waals surface area (Å²) in [5, 5.41) is 12.2. The van der Waals surface area contributed by atoms with Gasteiger partial charge in [0.25, 0.3) is 0 Å². The molecule has 0 bridgehead atoms. The van der Waals surface area contributed by atoms with E-state index in [0.717, 1.165) is 10.5 Å². The van der Waals surface area contributed by atoms with Crippen LogP contribution < -0.4 is 5.32 Å². The number of nitrogens with zero attached hydrogens (tertiary/aromatic N) is 1. The molecule has 0 atom stereocenters. The van der Waals surface area contributed by atoms with E-state index in [0.29, 0.717) is 25.7 Å². The minimum Gasteiger partial charge on any atom is -0.445 e. The summed E-state index contributed by atoms with van der Waals surface area (Å²) in [4.78, 5) is 38.5. The Morgan fingerprint density at radius 2 is 1.73 bits per heavy atom. The van der Waals surface area contributed by atoms with Gasteiger partial charge in [0.1, 0.15) is 12.2 Å². The molecule has 2 N–H and O–H groups in total. The Bertz CT molecular complexity index is 708. The summed E-state index contributed by atoms with van der Waals surface area (Å²) in [5.74, 6) is -0.679. The second kappa shape index (κ2) is 11.0. The minimum absolute atomic E-state index is 0.0206. The number of carbonyl (C=O) groups is 3. The van der Waals surface area contributed by atoms with Crippen LogP contribution in [0.15, 0.2) is 30.3 Å². The maximum atomic E-state index is 12.9. The van der Waals surface area contributed by atoms with Crippen LogP contribution in [0.1, 0.15) is 52.0 Å². The van der Waals surface area contributed by atoms with Crippen LogP contribution in [0.4, 0.5) is 9.59 Å². The number of benzene rings is 1. The second-order valence-corrected chi connectivity index (χ2v) is 8.46. The van der Waals surface area contributed by atoms with Crippen molar-refractivity contribution in [2.75, 3.05) is 13.1 Å². The van der Waals surface area contributed by atoms with Gasteiger partial charge in [-0.3, -0.25) is 4.79 Å². The Labute approximate surface area is 177 Å². The van der Waals surface area contributed by atoms with Crippen molar-refractivity contribution in [1.29, 1.82) is 0 Å². The maximum absolute atomic E-state index is 12.9. The standard InChI is InChI=1S/C22H32N2O6/c1-22(2,3)30-21(28)24(19(26)17-9-11-18(25)12-10-17)14-13-23-20(27)29-15-16-7-5-4-6-8-16/h4-8,17-18,25H,9-15H2,1-3H3,(H,23,27). The highest BCUT2D eigenvalue weighted by atomic mass is 16.6. The molecule has 2 rings (SSSR count). The molecule has 1 fully saturated rings. The van der Waals surface area contributed by atoms with Crippen molar-refractivity contribution >= 4 is 18.1 Å². The fourth-order valence-corrected chi connectivity index (χ4v) is 3.20. The molecule has 0 saturated heterocycles. The smallest absolute Gasteiger partial charge is 0.417 e. The highest BCUT2D eigenvalue weighted by Gasteiger charge is 2.34. The van der Waals surface area contributed by atoms with Crippen LogP contribution in [0, 0.1) is 5.92 Å². The molecule has 0 radical (unpaired) electrons. The van der Waals surface area contributed by atoms with E-state index >= 15 is 0 Å². The molecular formula is C22H32N2O6. The van der Waals surface area contributed by atoms with Crippen LogP contribution >= 0.6 is 0 Å². The predicted molar refractivity (Wildman–Crippen MR) is 111 cm³/mol. The first-order valence-electron chi connectivity index (χ1n) is 10.3. The van der Waals surface area contributed by atoms with Crippen LogP contribution in [0.5, 0.6) is 0 Å². The number of rotatable bonds is 6. The monoisotopic (exact) mass is 420 g/mol. The number of imide groups is 1. The van der Waals surface area contributed by atoms with Crippen molar-refractivity contribution < 1.29 is 29.0 Å². The van der Waals surface area contributed by atoms with Crippen molar-refractivity contribution in [2.45, 2.75) is 64.8 Å². The van der Waals surface area contributed by atoms with Gasteiger partial charge in [-0.15, -0.1) is 0 Å². The van der Waals surface area contributed by atoms with Crippen LogP contribution in [-0.4, -0.2) is 52.9 Å². The Kier molecular flexibility index (Phi) is 8.65. The van der Waals surface area contributed by atoms with Gasteiger partial charge in [-0.25, -0.2) is 14.5 Å². The third-order valence-corrected chi connectivity index (χ3v) is 4.74. The molecule has 1 aromatic rings. The van der Waals surface area contributed by atoms with Gasteiger partial charge >= 0.3 is 12.2 Å². The topological polar surface area (TPSA) is 105 Å². The van der Waals surface area contributed by atoms with Gasteiger partial charge in [0.15, 0.2) is 0 Å². The van der Waals surface area contributed by atoms with E-state index in [1.807, 2.05) is 30.3 Å². The summed E-state index contributed by atoms with van der Waals surface area (Å²) < 4.78 is 10.5. The Morgan fingerprint density at radius 3 is 2.33 bits per heavy atom. The van der Waals surface area contributed by atoms with E-state index in [1.165, 1.54) is 0 Å². The van der Waals surface area contributed by atoms with Crippen LogP contribution in [0.25, 0.3) is 0 Å². The number of hydrogen-bond acceptors (Lipinski definition) is 6. The van der Waals surface area contributed by atoms with Gasteiger partial charge in [0, 0.05) is 19.0 Å². The molecule has 0 unspecified atom stereocenters. The lowest BCUT2D eigenvalue weighted by Crippen LogP contribution is -2.47. The van der Waals surface area contributed by atoms with Crippen molar-refractivity contribution in [3.63, 3.8) is 0 Å². The van der Waals surface area contributed by atoms with E-state index in [2.05, 4.69) is 5.32 Å². The zero-order chi connectivity index (χ0) is 22.1.